The Hall–Kier alpha value is -2.17. The number of rotatable bonds is 1. The Morgan fingerprint density at radius 3 is 2.55 bits per heavy atom. The lowest BCUT2D eigenvalue weighted by Gasteiger charge is -2.26. The van der Waals surface area contributed by atoms with Gasteiger partial charge in [-0.3, -0.25) is 9.59 Å². The van der Waals surface area contributed by atoms with Gasteiger partial charge < -0.3 is 9.47 Å². The molecule has 1 saturated heterocycles. The molecular formula is C17H20O5. The summed E-state index contributed by atoms with van der Waals surface area (Å²) in [5, 5.41) is 0. The van der Waals surface area contributed by atoms with Gasteiger partial charge in [0.05, 0.1) is 0 Å². The second-order valence-electron chi connectivity index (χ2n) is 5.80. The molecule has 0 N–H and O–H groups in total. The van der Waals surface area contributed by atoms with Gasteiger partial charge in [-0.15, -0.1) is 0 Å². The summed E-state index contributed by atoms with van der Waals surface area (Å²) in [6.07, 6.45) is 0.328. The number of Topliss-reactive ketones (excluding diaryl/α,β-unsaturated/α-hetero) is 1. The molecule has 0 aromatic heterocycles. The summed E-state index contributed by atoms with van der Waals surface area (Å²) in [6.45, 7) is 12.8. The van der Waals surface area contributed by atoms with Gasteiger partial charge in [-0.1, -0.05) is 19.7 Å². The first kappa shape index (κ1) is 16.2. The predicted molar refractivity (Wildman–Crippen MR) is 79.8 cm³/mol. The van der Waals surface area contributed by atoms with E-state index in [1.165, 1.54) is 6.92 Å². The van der Waals surface area contributed by atoms with Crippen molar-refractivity contribution in [2.75, 3.05) is 0 Å². The SMILES string of the molecule is C=C1C[C@@H]2OC(=O)C(=C)[C@H]2C[C@@H](OC(C)=O)C(=C)CCC1=O. The number of hydrogen-bond acceptors (Lipinski definition) is 5. The van der Waals surface area contributed by atoms with Crippen molar-refractivity contribution >= 4 is 17.7 Å². The van der Waals surface area contributed by atoms with E-state index in [0.717, 1.165) is 0 Å². The molecule has 5 nitrogen and oxygen atoms in total. The third-order valence-electron chi connectivity index (χ3n) is 4.16. The number of hydrogen-bond donors (Lipinski definition) is 0. The Morgan fingerprint density at radius 2 is 1.91 bits per heavy atom. The van der Waals surface area contributed by atoms with E-state index in [1.54, 1.807) is 0 Å². The van der Waals surface area contributed by atoms with Crippen LogP contribution >= 0.6 is 0 Å². The van der Waals surface area contributed by atoms with Gasteiger partial charge in [-0.05, 0) is 24.0 Å². The first-order valence-electron chi connectivity index (χ1n) is 7.25. The molecule has 22 heavy (non-hydrogen) atoms. The summed E-state index contributed by atoms with van der Waals surface area (Å²) >= 11 is 0. The van der Waals surface area contributed by atoms with E-state index >= 15 is 0 Å². The lowest BCUT2D eigenvalue weighted by Crippen LogP contribution is -2.29. The molecule has 0 spiro atoms. The molecule has 0 radical (unpaired) electrons. The van der Waals surface area contributed by atoms with Crippen LogP contribution in [0.25, 0.3) is 0 Å². The van der Waals surface area contributed by atoms with E-state index in [2.05, 4.69) is 19.7 Å². The van der Waals surface area contributed by atoms with Crippen molar-refractivity contribution in [3.63, 3.8) is 0 Å². The summed E-state index contributed by atoms with van der Waals surface area (Å²) in [5.74, 6) is -1.29. The highest BCUT2D eigenvalue weighted by Crippen LogP contribution is 2.37. The van der Waals surface area contributed by atoms with Crippen molar-refractivity contribution in [3.05, 3.63) is 36.5 Å². The van der Waals surface area contributed by atoms with E-state index < -0.39 is 24.1 Å². The Labute approximate surface area is 129 Å². The Kier molecular flexibility index (Phi) is 4.64. The van der Waals surface area contributed by atoms with Crippen LogP contribution in [0.1, 0.15) is 32.6 Å². The molecule has 1 heterocycles. The average Bonchev–Trinajstić information content (AvgIpc) is 2.69. The van der Waals surface area contributed by atoms with E-state index in [4.69, 9.17) is 9.47 Å². The van der Waals surface area contributed by atoms with Crippen LogP contribution in [0.15, 0.2) is 36.5 Å². The normalized spacial score (nSPS) is 29.9. The zero-order chi connectivity index (χ0) is 16.4. The molecule has 0 aromatic rings. The van der Waals surface area contributed by atoms with E-state index in [9.17, 15) is 14.4 Å². The highest BCUT2D eigenvalue weighted by atomic mass is 16.6. The van der Waals surface area contributed by atoms with Gasteiger partial charge in [0.25, 0.3) is 0 Å². The fourth-order valence-corrected chi connectivity index (χ4v) is 2.85. The summed E-state index contributed by atoms with van der Waals surface area (Å²) in [7, 11) is 0. The van der Waals surface area contributed by atoms with Crippen LogP contribution in [0, 0.1) is 5.92 Å². The van der Waals surface area contributed by atoms with Crippen molar-refractivity contribution in [3.8, 4) is 0 Å². The summed E-state index contributed by atoms with van der Waals surface area (Å²) < 4.78 is 10.6. The minimum absolute atomic E-state index is 0.0862. The van der Waals surface area contributed by atoms with Crippen molar-refractivity contribution in [2.24, 2.45) is 5.92 Å². The third-order valence-corrected chi connectivity index (χ3v) is 4.16. The van der Waals surface area contributed by atoms with Crippen LogP contribution in [0.3, 0.4) is 0 Å². The standard InChI is InChI=1S/C17H20O5/c1-9-5-6-14(19)10(2)7-16-13(11(3)17(20)22-16)8-15(9)21-12(4)18/h13,15-16H,1-3,5-8H2,4H3/t13-,15-,16+/m1/s1. The van der Waals surface area contributed by atoms with Crippen LogP contribution in [-0.4, -0.2) is 29.9 Å². The first-order valence-corrected chi connectivity index (χ1v) is 7.25. The average molecular weight is 304 g/mol. The number of carbonyl (C=O) groups is 3. The highest BCUT2D eigenvalue weighted by Gasteiger charge is 2.41. The molecule has 1 saturated carbocycles. The molecule has 0 aromatic carbocycles. The lowest BCUT2D eigenvalue weighted by atomic mass is 9.83. The Bertz CT molecular complexity index is 572. The Morgan fingerprint density at radius 1 is 1.23 bits per heavy atom. The first-order chi connectivity index (χ1) is 10.3. The van der Waals surface area contributed by atoms with Gasteiger partial charge in [-0.25, -0.2) is 4.79 Å². The van der Waals surface area contributed by atoms with Gasteiger partial charge in [0.15, 0.2) is 5.78 Å². The second-order valence-corrected chi connectivity index (χ2v) is 5.80. The monoisotopic (exact) mass is 304 g/mol. The maximum Gasteiger partial charge on any atom is 0.334 e. The van der Waals surface area contributed by atoms with Crippen molar-refractivity contribution in [2.45, 2.75) is 44.8 Å². The minimum Gasteiger partial charge on any atom is -0.458 e. The van der Waals surface area contributed by atoms with Crippen LogP contribution in [0.5, 0.6) is 0 Å². The largest absolute Gasteiger partial charge is 0.458 e. The molecule has 2 rings (SSSR count). The third kappa shape index (κ3) is 3.35. The molecule has 2 fully saturated rings. The zero-order valence-electron chi connectivity index (χ0n) is 12.7. The smallest absolute Gasteiger partial charge is 0.334 e. The van der Waals surface area contributed by atoms with Crippen molar-refractivity contribution in [1.29, 1.82) is 0 Å². The van der Waals surface area contributed by atoms with Crippen LogP contribution in [0.4, 0.5) is 0 Å². The molecule has 0 amide bonds. The second kappa shape index (κ2) is 6.30. The molecule has 0 unspecified atom stereocenters. The number of fused-ring (bicyclic) bond motifs is 1. The zero-order valence-corrected chi connectivity index (χ0v) is 12.7. The minimum atomic E-state index is -0.546. The highest BCUT2D eigenvalue weighted by molar-refractivity contribution is 5.95. The maximum absolute atomic E-state index is 12.0. The molecule has 0 bridgehead atoms. The quantitative estimate of drug-likeness (QED) is 0.422. The molecule has 3 atom stereocenters. The number of carbonyl (C=O) groups excluding carboxylic acids is 3. The van der Waals surface area contributed by atoms with Gasteiger partial charge in [0.2, 0.25) is 0 Å². The molecule has 5 heteroatoms. The van der Waals surface area contributed by atoms with Gasteiger partial charge in [0, 0.05) is 31.3 Å². The van der Waals surface area contributed by atoms with Crippen molar-refractivity contribution in [1.82, 2.24) is 0 Å². The molecular weight excluding hydrogens is 284 g/mol. The van der Waals surface area contributed by atoms with Crippen molar-refractivity contribution < 1.29 is 23.9 Å². The molecule has 1 aliphatic carbocycles. The number of ether oxygens (including phenoxy) is 2. The Balaban J connectivity index is 2.30. The predicted octanol–water partition coefficient (Wildman–Crippen LogP) is 2.27. The van der Waals surface area contributed by atoms with E-state index in [1.807, 2.05) is 0 Å². The molecule has 1 aliphatic heterocycles. The van der Waals surface area contributed by atoms with Gasteiger partial charge >= 0.3 is 11.9 Å². The molecule has 2 aliphatic rings. The van der Waals surface area contributed by atoms with Crippen LogP contribution in [0.2, 0.25) is 0 Å². The van der Waals surface area contributed by atoms with Gasteiger partial charge in [-0.2, -0.15) is 0 Å². The summed E-state index contributed by atoms with van der Waals surface area (Å²) in [5.41, 5.74) is 1.44. The fraction of sp³-hybridized carbons (Fsp3) is 0.471. The topological polar surface area (TPSA) is 69.7 Å². The summed E-state index contributed by atoms with van der Waals surface area (Å²) in [4.78, 5) is 35.1. The lowest BCUT2D eigenvalue weighted by molar-refractivity contribution is -0.146. The van der Waals surface area contributed by atoms with E-state index in [-0.39, 0.29) is 24.5 Å². The molecule has 118 valence electrons. The number of esters is 2. The number of ketones is 1. The van der Waals surface area contributed by atoms with Crippen LogP contribution in [-0.2, 0) is 23.9 Å². The summed E-state index contributed by atoms with van der Waals surface area (Å²) in [6, 6.07) is 0. The maximum atomic E-state index is 12.0. The van der Waals surface area contributed by atoms with Crippen LogP contribution < -0.4 is 0 Å². The van der Waals surface area contributed by atoms with Gasteiger partial charge in [0.1, 0.15) is 12.2 Å². The fourth-order valence-electron chi connectivity index (χ4n) is 2.85. The van der Waals surface area contributed by atoms with E-state index in [0.29, 0.717) is 29.6 Å².